The van der Waals surface area contributed by atoms with E-state index in [4.69, 9.17) is 29.0 Å². The van der Waals surface area contributed by atoms with Crippen LogP contribution in [-0.2, 0) is 19.9 Å². The summed E-state index contributed by atoms with van der Waals surface area (Å²) < 4.78 is 1.87. The Bertz CT molecular complexity index is 575. The number of nitrogens with zero attached hydrogens (tertiary/aromatic N) is 2. The molecule has 1 heterocycles. The third-order valence-electron chi connectivity index (χ3n) is 3.30. The van der Waals surface area contributed by atoms with Crippen LogP contribution in [-0.4, -0.2) is 15.8 Å². The summed E-state index contributed by atoms with van der Waals surface area (Å²) in [5, 5.41) is 5.67. The molecule has 0 radical (unpaired) electrons. The van der Waals surface area contributed by atoms with Crippen molar-refractivity contribution in [2.75, 3.05) is 0 Å². The number of aromatic nitrogens is 2. The van der Waals surface area contributed by atoms with Crippen LogP contribution in [0.1, 0.15) is 17.0 Å². The topological polar surface area (TPSA) is 55.9 Å². The Hall–Kier alpha value is -1.07. The van der Waals surface area contributed by atoms with Gasteiger partial charge < -0.3 is 0 Å². The molecule has 108 valence electrons. The van der Waals surface area contributed by atoms with E-state index < -0.39 is 0 Å². The molecule has 4 nitrogen and oxygen atoms in total. The summed E-state index contributed by atoms with van der Waals surface area (Å²) in [6.07, 6.45) is 1.43. The van der Waals surface area contributed by atoms with Gasteiger partial charge in [0.05, 0.1) is 5.69 Å². The van der Waals surface area contributed by atoms with Crippen molar-refractivity contribution in [3.05, 3.63) is 51.3 Å². The highest BCUT2D eigenvalue weighted by Gasteiger charge is 2.15. The number of aryl methyl sites for hydroxylation is 2. The van der Waals surface area contributed by atoms with Crippen LogP contribution in [0.3, 0.4) is 0 Å². The maximum Gasteiger partial charge on any atom is 0.0596 e. The summed E-state index contributed by atoms with van der Waals surface area (Å²) in [6.45, 7) is 1.97. The van der Waals surface area contributed by atoms with Gasteiger partial charge in [0.15, 0.2) is 0 Å². The number of rotatable bonds is 5. The molecule has 1 unspecified atom stereocenters. The monoisotopic (exact) mass is 312 g/mol. The predicted octanol–water partition coefficient (Wildman–Crippen LogP) is 2.65. The van der Waals surface area contributed by atoms with E-state index in [0.29, 0.717) is 16.5 Å². The summed E-state index contributed by atoms with van der Waals surface area (Å²) in [5.41, 5.74) is 5.86. The molecule has 0 saturated carbocycles. The second-order valence-electron chi connectivity index (χ2n) is 4.87. The van der Waals surface area contributed by atoms with Crippen LogP contribution in [0.25, 0.3) is 0 Å². The highest BCUT2D eigenvalue weighted by atomic mass is 35.5. The third kappa shape index (κ3) is 3.52. The van der Waals surface area contributed by atoms with E-state index in [0.717, 1.165) is 23.4 Å². The number of nitrogens with two attached hydrogens (primary N) is 1. The van der Waals surface area contributed by atoms with E-state index in [1.807, 2.05) is 36.9 Å². The minimum absolute atomic E-state index is 0.0437. The molecule has 0 aliphatic rings. The van der Waals surface area contributed by atoms with Crippen molar-refractivity contribution in [1.82, 2.24) is 15.2 Å². The van der Waals surface area contributed by atoms with Gasteiger partial charge in [-0.15, -0.1) is 0 Å². The largest absolute Gasteiger partial charge is 0.272 e. The summed E-state index contributed by atoms with van der Waals surface area (Å²) in [7, 11) is 1.93. The van der Waals surface area contributed by atoms with Crippen molar-refractivity contribution >= 4 is 23.2 Å². The van der Waals surface area contributed by atoms with Gasteiger partial charge in [-0.05, 0) is 37.1 Å². The molecular weight excluding hydrogens is 295 g/mol. The highest BCUT2D eigenvalue weighted by molar-refractivity contribution is 6.36. The number of hydrazine groups is 1. The molecule has 2 aromatic rings. The zero-order chi connectivity index (χ0) is 14.7. The van der Waals surface area contributed by atoms with E-state index in [1.165, 1.54) is 0 Å². The zero-order valence-corrected chi connectivity index (χ0v) is 13.0. The van der Waals surface area contributed by atoms with Crippen LogP contribution >= 0.6 is 23.2 Å². The van der Waals surface area contributed by atoms with Crippen LogP contribution < -0.4 is 11.3 Å². The van der Waals surface area contributed by atoms with Crippen molar-refractivity contribution in [2.45, 2.75) is 25.8 Å². The van der Waals surface area contributed by atoms with Crippen LogP contribution in [0.15, 0.2) is 24.3 Å². The molecule has 0 amide bonds. The van der Waals surface area contributed by atoms with Crippen molar-refractivity contribution in [3.63, 3.8) is 0 Å². The van der Waals surface area contributed by atoms with Gasteiger partial charge in [-0.1, -0.05) is 29.3 Å². The lowest BCUT2D eigenvalue weighted by molar-refractivity contribution is 0.505. The fourth-order valence-electron chi connectivity index (χ4n) is 2.27. The minimum Gasteiger partial charge on any atom is -0.272 e. The lowest BCUT2D eigenvalue weighted by Gasteiger charge is -2.17. The molecule has 0 bridgehead atoms. The van der Waals surface area contributed by atoms with Crippen molar-refractivity contribution in [1.29, 1.82) is 0 Å². The summed E-state index contributed by atoms with van der Waals surface area (Å²) in [4.78, 5) is 0. The average Bonchev–Trinajstić information content (AvgIpc) is 2.71. The second-order valence-corrected chi connectivity index (χ2v) is 5.69. The molecule has 0 fully saturated rings. The van der Waals surface area contributed by atoms with Crippen LogP contribution in [0, 0.1) is 6.92 Å². The van der Waals surface area contributed by atoms with E-state index in [1.54, 1.807) is 0 Å². The molecule has 1 atom stereocenters. The fraction of sp³-hybridized carbons (Fsp3) is 0.357. The van der Waals surface area contributed by atoms with E-state index in [9.17, 15) is 0 Å². The Kier molecular flexibility index (Phi) is 5.05. The van der Waals surface area contributed by atoms with Gasteiger partial charge >= 0.3 is 0 Å². The van der Waals surface area contributed by atoms with Crippen molar-refractivity contribution in [2.24, 2.45) is 12.9 Å². The molecule has 6 heteroatoms. The fourth-order valence-corrected chi connectivity index (χ4v) is 2.82. The van der Waals surface area contributed by atoms with Gasteiger partial charge in [0.2, 0.25) is 0 Å². The Labute approximate surface area is 128 Å². The standard InChI is InChI=1S/C14H18Cl2N4/c1-9-6-11(20(2)19-9)7-10(18-17)8-12-13(15)4-3-5-14(12)16/h3-6,10,18H,7-8,17H2,1-2H3. The lowest BCUT2D eigenvalue weighted by Crippen LogP contribution is -2.39. The van der Waals surface area contributed by atoms with Crippen LogP contribution in [0.2, 0.25) is 10.0 Å². The number of hydrogen-bond acceptors (Lipinski definition) is 3. The highest BCUT2D eigenvalue weighted by Crippen LogP contribution is 2.26. The Morgan fingerprint density at radius 1 is 1.30 bits per heavy atom. The first-order valence-electron chi connectivity index (χ1n) is 6.39. The van der Waals surface area contributed by atoms with E-state index in [2.05, 4.69) is 16.6 Å². The first kappa shape index (κ1) is 15.3. The first-order valence-corrected chi connectivity index (χ1v) is 7.15. The quantitative estimate of drug-likeness (QED) is 0.659. The van der Waals surface area contributed by atoms with Gasteiger partial charge in [0.1, 0.15) is 0 Å². The molecule has 3 N–H and O–H groups in total. The molecule has 1 aromatic carbocycles. The molecule has 0 spiro atoms. The van der Waals surface area contributed by atoms with Gasteiger partial charge in [0, 0.05) is 35.2 Å². The third-order valence-corrected chi connectivity index (χ3v) is 4.01. The van der Waals surface area contributed by atoms with Gasteiger partial charge in [-0.3, -0.25) is 16.0 Å². The molecule has 0 aliphatic carbocycles. The summed E-state index contributed by atoms with van der Waals surface area (Å²) in [5.74, 6) is 5.66. The summed E-state index contributed by atoms with van der Waals surface area (Å²) >= 11 is 12.4. The Balaban J connectivity index is 2.15. The van der Waals surface area contributed by atoms with E-state index >= 15 is 0 Å². The maximum absolute atomic E-state index is 6.20. The van der Waals surface area contributed by atoms with Crippen LogP contribution in [0.4, 0.5) is 0 Å². The zero-order valence-electron chi connectivity index (χ0n) is 11.5. The lowest BCUT2D eigenvalue weighted by atomic mass is 10.0. The number of nitrogens with one attached hydrogen (secondary N) is 1. The number of benzene rings is 1. The molecule has 1 aromatic heterocycles. The average molecular weight is 313 g/mol. The smallest absolute Gasteiger partial charge is 0.0596 e. The SMILES string of the molecule is Cc1cc(CC(Cc2c(Cl)cccc2Cl)NN)n(C)n1. The first-order chi connectivity index (χ1) is 9.51. The Morgan fingerprint density at radius 2 is 1.95 bits per heavy atom. The van der Waals surface area contributed by atoms with Gasteiger partial charge in [0.25, 0.3) is 0 Å². The molecule has 2 rings (SSSR count). The van der Waals surface area contributed by atoms with Crippen molar-refractivity contribution in [3.8, 4) is 0 Å². The van der Waals surface area contributed by atoms with Gasteiger partial charge in [-0.2, -0.15) is 5.10 Å². The second kappa shape index (κ2) is 6.59. The molecule has 0 saturated heterocycles. The van der Waals surface area contributed by atoms with E-state index in [-0.39, 0.29) is 6.04 Å². The number of halogens is 2. The predicted molar refractivity (Wildman–Crippen MR) is 82.9 cm³/mol. The van der Waals surface area contributed by atoms with Crippen molar-refractivity contribution < 1.29 is 0 Å². The minimum atomic E-state index is 0.0437. The Morgan fingerprint density at radius 3 is 2.45 bits per heavy atom. The molecular formula is C14H18Cl2N4. The molecule has 0 aliphatic heterocycles. The maximum atomic E-state index is 6.20. The van der Waals surface area contributed by atoms with Gasteiger partial charge in [-0.25, -0.2) is 0 Å². The number of hydrogen-bond donors (Lipinski definition) is 2. The summed E-state index contributed by atoms with van der Waals surface area (Å²) in [6, 6.07) is 7.61. The normalized spacial score (nSPS) is 12.7. The molecule has 20 heavy (non-hydrogen) atoms. The van der Waals surface area contributed by atoms with Crippen LogP contribution in [0.5, 0.6) is 0 Å².